The molecule has 23 heavy (non-hydrogen) atoms. The largest absolute Gasteiger partial charge is 0.416 e. The second-order valence-corrected chi connectivity index (χ2v) is 6.09. The van der Waals surface area contributed by atoms with Crippen molar-refractivity contribution in [2.75, 3.05) is 26.2 Å². The van der Waals surface area contributed by atoms with Gasteiger partial charge in [-0.15, -0.1) is 12.4 Å². The fraction of sp³-hybridized carbons (Fsp3) is 0.625. The van der Waals surface area contributed by atoms with Gasteiger partial charge in [-0.2, -0.15) is 13.2 Å². The summed E-state index contributed by atoms with van der Waals surface area (Å²) >= 11 is 6.23. The van der Waals surface area contributed by atoms with Crippen molar-refractivity contribution in [1.82, 2.24) is 10.2 Å². The zero-order valence-electron chi connectivity index (χ0n) is 13.1. The first-order chi connectivity index (χ1) is 10.4. The van der Waals surface area contributed by atoms with Crippen LogP contribution in [0.5, 0.6) is 0 Å². The van der Waals surface area contributed by atoms with Gasteiger partial charge in [0.1, 0.15) is 0 Å². The third kappa shape index (κ3) is 5.52. The Hall–Kier alpha value is -0.490. The van der Waals surface area contributed by atoms with E-state index in [1.165, 1.54) is 12.1 Å². The van der Waals surface area contributed by atoms with Gasteiger partial charge in [0.05, 0.1) is 5.56 Å². The Balaban J connectivity index is 0.00000264. The van der Waals surface area contributed by atoms with Crippen molar-refractivity contribution in [2.45, 2.75) is 38.4 Å². The van der Waals surface area contributed by atoms with Crippen molar-refractivity contribution in [3.8, 4) is 0 Å². The van der Waals surface area contributed by atoms with Gasteiger partial charge < -0.3 is 5.32 Å². The molecule has 0 aromatic heterocycles. The minimum Gasteiger partial charge on any atom is -0.314 e. The Morgan fingerprint density at radius 3 is 2.48 bits per heavy atom. The van der Waals surface area contributed by atoms with Crippen LogP contribution in [0.3, 0.4) is 0 Å². The van der Waals surface area contributed by atoms with Crippen molar-refractivity contribution >= 4 is 24.0 Å². The quantitative estimate of drug-likeness (QED) is 0.791. The summed E-state index contributed by atoms with van der Waals surface area (Å²) in [7, 11) is 0. The molecule has 0 spiro atoms. The van der Waals surface area contributed by atoms with Crippen LogP contribution in [0.2, 0.25) is 5.02 Å². The molecule has 1 aliphatic rings. The van der Waals surface area contributed by atoms with Gasteiger partial charge in [-0.3, -0.25) is 4.90 Å². The number of hydrogen-bond donors (Lipinski definition) is 1. The van der Waals surface area contributed by atoms with E-state index in [0.29, 0.717) is 10.6 Å². The van der Waals surface area contributed by atoms with Crippen molar-refractivity contribution in [2.24, 2.45) is 0 Å². The Labute approximate surface area is 146 Å². The van der Waals surface area contributed by atoms with E-state index in [-0.39, 0.29) is 18.4 Å². The standard InChI is InChI=1S/C16H22ClF3N2.ClH/c1-2-3-4-15(22-9-7-21-8-10-22)13-11-12(16(18,19)20)5-6-14(13)17;/h5-6,11,15,21H,2-4,7-10H2,1H3;1H/t15-;/m1./s1. The smallest absolute Gasteiger partial charge is 0.314 e. The second kappa shape index (κ2) is 9.11. The highest BCUT2D eigenvalue weighted by Gasteiger charge is 2.32. The van der Waals surface area contributed by atoms with Crippen molar-refractivity contribution in [3.63, 3.8) is 0 Å². The van der Waals surface area contributed by atoms with E-state index in [2.05, 4.69) is 17.1 Å². The molecule has 2 rings (SSSR count). The van der Waals surface area contributed by atoms with E-state index in [1.54, 1.807) is 0 Å². The van der Waals surface area contributed by atoms with E-state index in [4.69, 9.17) is 11.6 Å². The fourth-order valence-electron chi connectivity index (χ4n) is 2.90. The van der Waals surface area contributed by atoms with Crippen LogP contribution in [0.15, 0.2) is 18.2 Å². The number of hydrogen-bond acceptors (Lipinski definition) is 2. The molecular formula is C16H23Cl2F3N2. The molecule has 1 heterocycles. The van der Waals surface area contributed by atoms with Crippen LogP contribution < -0.4 is 5.32 Å². The number of nitrogens with one attached hydrogen (secondary N) is 1. The number of alkyl halides is 3. The Morgan fingerprint density at radius 1 is 1.26 bits per heavy atom. The maximum atomic E-state index is 13.0. The zero-order valence-corrected chi connectivity index (χ0v) is 14.7. The van der Waals surface area contributed by atoms with E-state index < -0.39 is 11.7 Å². The Kier molecular flexibility index (Phi) is 8.14. The molecule has 0 unspecified atom stereocenters. The summed E-state index contributed by atoms with van der Waals surface area (Å²) in [5.41, 5.74) is -0.0182. The average molecular weight is 371 g/mol. The molecule has 1 atom stereocenters. The van der Waals surface area contributed by atoms with E-state index in [1.807, 2.05) is 0 Å². The van der Waals surface area contributed by atoms with Gasteiger partial charge in [0, 0.05) is 37.2 Å². The molecule has 0 radical (unpaired) electrons. The molecule has 1 aromatic carbocycles. The van der Waals surface area contributed by atoms with Gasteiger partial charge in [-0.05, 0) is 30.2 Å². The number of piperazine rings is 1. The van der Waals surface area contributed by atoms with Crippen LogP contribution in [0.1, 0.15) is 43.4 Å². The van der Waals surface area contributed by atoms with Gasteiger partial charge in [-0.25, -0.2) is 0 Å². The summed E-state index contributed by atoms with van der Waals surface area (Å²) in [6.07, 6.45) is -1.52. The highest BCUT2D eigenvalue weighted by molar-refractivity contribution is 6.31. The summed E-state index contributed by atoms with van der Waals surface area (Å²) in [6, 6.07) is 3.61. The molecule has 1 N–H and O–H groups in total. The maximum Gasteiger partial charge on any atom is 0.416 e. The number of rotatable bonds is 5. The van der Waals surface area contributed by atoms with Crippen LogP contribution in [0.4, 0.5) is 13.2 Å². The highest BCUT2D eigenvalue weighted by atomic mass is 35.5. The minimum absolute atomic E-state index is 0. The number of benzene rings is 1. The van der Waals surface area contributed by atoms with E-state index >= 15 is 0 Å². The van der Waals surface area contributed by atoms with Gasteiger partial charge in [0.15, 0.2) is 0 Å². The van der Waals surface area contributed by atoms with E-state index in [0.717, 1.165) is 51.5 Å². The normalized spacial score (nSPS) is 17.6. The predicted molar refractivity (Wildman–Crippen MR) is 90.4 cm³/mol. The first kappa shape index (κ1) is 20.6. The molecule has 0 saturated carbocycles. The first-order valence-electron chi connectivity index (χ1n) is 7.75. The molecular weight excluding hydrogens is 348 g/mol. The maximum absolute atomic E-state index is 13.0. The Morgan fingerprint density at radius 2 is 1.91 bits per heavy atom. The lowest BCUT2D eigenvalue weighted by Crippen LogP contribution is -2.45. The van der Waals surface area contributed by atoms with Crippen molar-refractivity contribution in [1.29, 1.82) is 0 Å². The molecule has 1 fully saturated rings. The van der Waals surface area contributed by atoms with Gasteiger partial charge in [0.2, 0.25) is 0 Å². The molecule has 7 heteroatoms. The second-order valence-electron chi connectivity index (χ2n) is 5.68. The SMILES string of the molecule is CCCC[C@H](c1cc(C(F)(F)F)ccc1Cl)N1CCNCC1.Cl. The predicted octanol–water partition coefficient (Wildman–Crippen LogP) is 4.92. The topological polar surface area (TPSA) is 15.3 Å². The van der Waals surface area contributed by atoms with Crippen LogP contribution in [-0.4, -0.2) is 31.1 Å². The first-order valence-corrected chi connectivity index (χ1v) is 8.12. The lowest BCUT2D eigenvalue weighted by atomic mass is 9.96. The molecule has 1 saturated heterocycles. The third-order valence-electron chi connectivity index (χ3n) is 4.11. The zero-order chi connectivity index (χ0) is 16.2. The molecule has 0 bridgehead atoms. The van der Waals surface area contributed by atoms with Gasteiger partial charge in [0.25, 0.3) is 0 Å². The fourth-order valence-corrected chi connectivity index (χ4v) is 3.14. The lowest BCUT2D eigenvalue weighted by molar-refractivity contribution is -0.137. The molecule has 1 aliphatic heterocycles. The van der Waals surface area contributed by atoms with Crippen LogP contribution in [0.25, 0.3) is 0 Å². The molecule has 1 aromatic rings. The van der Waals surface area contributed by atoms with Crippen molar-refractivity contribution in [3.05, 3.63) is 34.3 Å². The average Bonchev–Trinajstić information content (AvgIpc) is 2.49. The summed E-state index contributed by atoms with van der Waals surface area (Å²) in [5.74, 6) is 0. The monoisotopic (exact) mass is 370 g/mol. The summed E-state index contributed by atoms with van der Waals surface area (Å²) in [5, 5.41) is 3.70. The molecule has 2 nitrogen and oxygen atoms in total. The van der Waals surface area contributed by atoms with Crippen molar-refractivity contribution < 1.29 is 13.2 Å². The summed E-state index contributed by atoms with van der Waals surface area (Å²) in [4.78, 5) is 2.24. The summed E-state index contributed by atoms with van der Waals surface area (Å²) < 4.78 is 39.0. The minimum atomic E-state index is -4.34. The summed E-state index contributed by atoms with van der Waals surface area (Å²) in [6.45, 7) is 5.48. The lowest BCUT2D eigenvalue weighted by Gasteiger charge is -2.36. The molecule has 132 valence electrons. The van der Waals surface area contributed by atoms with Gasteiger partial charge in [-0.1, -0.05) is 31.4 Å². The van der Waals surface area contributed by atoms with Gasteiger partial charge >= 0.3 is 6.18 Å². The van der Waals surface area contributed by atoms with Crippen LogP contribution in [0, 0.1) is 0 Å². The number of nitrogens with zero attached hydrogens (tertiary/aromatic N) is 1. The highest BCUT2D eigenvalue weighted by Crippen LogP contribution is 2.37. The number of unbranched alkanes of at least 4 members (excludes halogenated alkanes) is 1. The van der Waals surface area contributed by atoms with E-state index in [9.17, 15) is 13.2 Å². The Bertz CT molecular complexity index is 489. The van der Waals surface area contributed by atoms with Crippen LogP contribution >= 0.6 is 24.0 Å². The van der Waals surface area contributed by atoms with Crippen LogP contribution in [-0.2, 0) is 6.18 Å². The molecule has 0 amide bonds. The number of halogens is 5. The molecule has 0 aliphatic carbocycles. The third-order valence-corrected chi connectivity index (χ3v) is 4.45.